The first-order chi connectivity index (χ1) is 5.78. The molecule has 0 atom stereocenters. The van der Waals surface area contributed by atoms with Gasteiger partial charge in [-0.3, -0.25) is 4.79 Å². The van der Waals surface area contributed by atoms with Gasteiger partial charge in [-0.1, -0.05) is 0 Å². The lowest BCUT2D eigenvalue weighted by molar-refractivity contribution is -0.146. The van der Waals surface area contributed by atoms with Gasteiger partial charge in [0.05, 0.1) is 6.07 Å². The highest BCUT2D eigenvalue weighted by Crippen LogP contribution is 2.42. The van der Waals surface area contributed by atoms with Crippen molar-refractivity contribution >= 4 is 5.91 Å². The summed E-state index contributed by atoms with van der Waals surface area (Å²) in [6.07, 6.45) is 3.69. The highest BCUT2D eigenvalue weighted by atomic mass is 16.2. The van der Waals surface area contributed by atoms with E-state index in [0.717, 1.165) is 38.8 Å². The number of amides is 1. The maximum Gasteiger partial charge on any atom is 0.243 e. The van der Waals surface area contributed by atoms with E-state index in [-0.39, 0.29) is 5.91 Å². The summed E-state index contributed by atoms with van der Waals surface area (Å²) >= 11 is 0. The van der Waals surface area contributed by atoms with Gasteiger partial charge in [0, 0.05) is 13.1 Å². The van der Waals surface area contributed by atoms with Gasteiger partial charge in [0.1, 0.15) is 5.41 Å². The molecule has 0 unspecified atom stereocenters. The molecule has 0 spiro atoms. The summed E-state index contributed by atoms with van der Waals surface area (Å²) in [5.41, 5.74) is -0.611. The highest BCUT2D eigenvalue weighted by Gasteiger charge is 2.47. The molecule has 1 aliphatic carbocycles. The van der Waals surface area contributed by atoms with Crippen molar-refractivity contribution in [1.29, 1.82) is 5.26 Å². The van der Waals surface area contributed by atoms with E-state index in [1.54, 1.807) is 0 Å². The summed E-state index contributed by atoms with van der Waals surface area (Å²) in [6, 6.07) is 2.17. The van der Waals surface area contributed by atoms with Crippen LogP contribution in [0, 0.1) is 16.7 Å². The molecule has 2 aliphatic rings. The van der Waals surface area contributed by atoms with E-state index in [9.17, 15) is 4.79 Å². The number of hydrogen-bond acceptors (Lipinski definition) is 2. The first-order valence-electron chi connectivity index (χ1n) is 4.49. The number of carbonyl (C=O) groups is 1. The van der Waals surface area contributed by atoms with Gasteiger partial charge >= 0.3 is 0 Å². The molecule has 12 heavy (non-hydrogen) atoms. The van der Waals surface area contributed by atoms with Crippen LogP contribution < -0.4 is 0 Å². The molecule has 0 aromatic rings. The van der Waals surface area contributed by atoms with Gasteiger partial charge in [-0.25, -0.2) is 0 Å². The second kappa shape index (κ2) is 2.48. The van der Waals surface area contributed by atoms with Gasteiger partial charge in [0.15, 0.2) is 0 Å². The van der Waals surface area contributed by atoms with Crippen LogP contribution in [-0.2, 0) is 4.79 Å². The number of carbonyl (C=O) groups excluding carboxylic acids is 1. The zero-order chi connectivity index (χ0) is 8.60. The summed E-state index contributed by atoms with van der Waals surface area (Å²) in [5, 5.41) is 8.88. The predicted octanol–water partition coefficient (Wildman–Crippen LogP) is 0.913. The molecule has 1 aliphatic heterocycles. The molecule has 0 aromatic heterocycles. The van der Waals surface area contributed by atoms with Crippen LogP contribution in [0.2, 0.25) is 0 Å². The molecule has 1 saturated carbocycles. The molecule has 0 radical (unpaired) electrons. The van der Waals surface area contributed by atoms with Crippen LogP contribution >= 0.6 is 0 Å². The van der Waals surface area contributed by atoms with Crippen molar-refractivity contribution < 1.29 is 4.79 Å². The smallest absolute Gasteiger partial charge is 0.243 e. The SMILES string of the molecule is N#CC1(C(=O)N2CCC2)CCC1. The molecule has 0 N–H and O–H groups in total. The largest absolute Gasteiger partial charge is 0.341 e. The van der Waals surface area contributed by atoms with Crippen LogP contribution in [-0.4, -0.2) is 23.9 Å². The third-order valence-electron chi connectivity index (χ3n) is 2.97. The molecule has 3 nitrogen and oxygen atoms in total. The Labute approximate surface area is 72.0 Å². The lowest BCUT2D eigenvalue weighted by Gasteiger charge is -2.41. The molecule has 0 bridgehead atoms. The number of hydrogen-bond donors (Lipinski definition) is 0. The highest BCUT2D eigenvalue weighted by molar-refractivity contribution is 5.86. The molecular weight excluding hydrogens is 152 g/mol. The maximum absolute atomic E-state index is 11.7. The minimum atomic E-state index is -0.611. The van der Waals surface area contributed by atoms with Crippen LogP contribution in [0.1, 0.15) is 25.7 Å². The first-order valence-corrected chi connectivity index (χ1v) is 4.49. The van der Waals surface area contributed by atoms with Gasteiger partial charge < -0.3 is 4.90 Å². The average Bonchev–Trinajstić information content (AvgIpc) is 1.81. The predicted molar refractivity (Wildman–Crippen MR) is 43.1 cm³/mol. The molecule has 1 saturated heterocycles. The van der Waals surface area contributed by atoms with Crippen molar-refractivity contribution in [1.82, 2.24) is 4.90 Å². The molecule has 3 heteroatoms. The number of nitriles is 1. The fraction of sp³-hybridized carbons (Fsp3) is 0.778. The monoisotopic (exact) mass is 164 g/mol. The number of likely N-dealkylation sites (tertiary alicyclic amines) is 1. The molecular formula is C9H12N2O. The van der Waals surface area contributed by atoms with E-state index in [0.29, 0.717) is 0 Å². The Morgan fingerprint density at radius 3 is 2.25 bits per heavy atom. The minimum absolute atomic E-state index is 0.0856. The number of nitrogens with zero attached hydrogens (tertiary/aromatic N) is 2. The first kappa shape index (κ1) is 7.60. The van der Waals surface area contributed by atoms with Crippen LogP contribution in [0.15, 0.2) is 0 Å². The van der Waals surface area contributed by atoms with Crippen LogP contribution in [0.4, 0.5) is 0 Å². The van der Waals surface area contributed by atoms with Crippen LogP contribution in [0.3, 0.4) is 0 Å². The van der Waals surface area contributed by atoms with Crippen molar-refractivity contribution in [2.24, 2.45) is 5.41 Å². The molecule has 64 valence electrons. The van der Waals surface area contributed by atoms with E-state index < -0.39 is 5.41 Å². The Kier molecular flexibility index (Phi) is 1.57. The van der Waals surface area contributed by atoms with Crippen molar-refractivity contribution in [2.75, 3.05) is 13.1 Å². The standard InChI is InChI=1S/C9H12N2O/c10-7-9(3-1-4-9)8(12)11-5-2-6-11/h1-6H2. The Morgan fingerprint density at radius 2 is 2.00 bits per heavy atom. The Hall–Kier alpha value is -1.04. The van der Waals surface area contributed by atoms with Gasteiger partial charge in [0.25, 0.3) is 0 Å². The second-order valence-corrected chi connectivity index (χ2v) is 3.69. The van der Waals surface area contributed by atoms with Crippen molar-refractivity contribution in [2.45, 2.75) is 25.7 Å². The lowest BCUT2D eigenvalue weighted by Crippen LogP contribution is -2.52. The summed E-state index contributed by atoms with van der Waals surface area (Å²) in [6.45, 7) is 1.73. The van der Waals surface area contributed by atoms with Crippen molar-refractivity contribution in [3.63, 3.8) is 0 Å². The number of rotatable bonds is 1. The van der Waals surface area contributed by atoms with Crippen molar-refractivity contribution in [3.05, 3.63) is 0 Å². The molecule has 2 fully saturated rings. The topological polar surface area (TPSA) is 44.1 Å². The zero-order valence-corrected chi connectivity index (χ0v) is 7.05. The lowest BCUT2D eigenvalue weighted by atomic mass is 9.68. The second-order valence-electron chi connectivity index (χ2n) is 3.69. The third kappa shape index (κ3) is 0.842. The van der Waals surface area contributed by atoms with Crippen molar-refractivity contribution in [3.8, 4) is 6.07 Å². The van der Waals surface area contributed by atoms with Gasteiger partial charge in [-0.2, -0.15) is 5.26 Å². The zero-order valence-electron chi connectivity index (χ0n) is 7.05. The molecule has 0 aromatic carbocycles. The summed E-state index contributed by atoms with van der Waals surface area (Å²) < 4.78 is 0. The third-order valence-corrected chi connectivity index (χ3v) is 2.97. The summed E-state index contributed by atoms with van der Waals surface area (Å²) in [5.74, 6) is 0.0856. The summed E-state index contributed by atoms with van der Waals surface area (Å²) in [7, 11) is 0. The Bertz CT molecular complexity index is 246. The van der Waals surface area contributed by atoms with Crippen LogP contribution in [0.5, 0.6) is 0 Å². The fourth-order valence-corrected chi connectivity index (χ4v) is 1.73. The Morgan fingerprint density at radius 1 is 1.33 bits per heavy atom. The normalized spacial score (nSPS) is 25.1. The van der Waals surface area contributed by atoms with E-state index in [1.807, 2.05) is 4.90 Å². The van der Waals surface area contributed by atoms with Gasteiger partial charge in [-0.05, 0) is 25.7 Å². The van der Waals surface area contributed by atoms with E-state index >= 15 is 0 Å². The van der Waals surface area contributed by atoms with E-state index in [1.165, 1.54) is 0 Å². The maximum atomic E-state index is 11.7. The Balaban J connectivity index is 2.06. The fourth-order valence-electron chi connectivity index (χ4n) is 1.73. The molecule has 1 heterocycles. The average molecular weight is 164 g/mol. The molecule has 1 amide bonds. The van der Waals surface area contributed by atoms with Crippen LogP contribution in [0.25, 0.3) is 0 Å². The minimum Gasteiger partial charge on any atom is -0.341 e. The quantitative estimate of drug-likeness (QED) is 0.578. The van der Waals surface area contributed by atoms with Gasteiger partial charge in [0.2, 0.25) is 5.91 Å². The summed E-state index contributed by atoms with van der Waals surface area (Å²) in [4.78, 5) is 13.5. The van der Waals surface area contributed by atoms with Gasteiger partial charge in [-0.15, -0.1) is 0 Å². The molecule has 2 rings (SSSR count). The van der Waals surface area contributed by atoms with E-state index in [4.69, 9.17) is 5.26 Å². The van der Waals surface area contributed by atoms with E-state index in [2.05, 4.69) is 6.07 Å².